The van der Waals surface area contributed by atoms with Crippen molar-refractivity contribution >= 4 is 29.0 Å². The van der Waals surface area contributed by atoms with Crippen molar-refractivity contribution in [2.75, 3.05) is 33.9 Å². The monoisotopic (exact) mass is 497 g/mol. The average Bonchev–Trinajstić information content (AvgIpc) is 3.30. The Hall–Kier alpha value is -3.17. The van der Waals surface area contributed by atoms with Crippen molar-refractivity contribution in [1.29, 1.82) is 0 Å². The van der Waals surface area contributed by atoms with Crippen molar-refractivity contribution in [2.24, 2.45) is 0 Å². The summed E-state index contributed by atoms with van der Waals surface area (Å²) in [5.74, 6) is 0.896. The van der Waals surface area contributed by atoms with Gasteiger partial charge in [0.2, 0.25) is 6.29 Å². The number of aliphatic hydroxyl groups is 1. The summed E-state index contributed by atoms with van der Waals surface area (Å²) >= 11 is 1.60. The molecule has 7 nitrogen and oxygen atoms in total. The topological polar surface area (TPSA) is 86.3 Å². The highest BCUT2D eigenvalue weighted by Gasteiger charge is 2.14. The van der Waals surface area contributed by atoms with Gasteiger partial charge in [-0.15, -0.1) is 11.3 Å². The zero-order valence-corrected chi connectivity index (χ0v) is 20.9. The molecule has 3 rings (SSSR count). The number of carbonyl (C=O) groups excluding carboxylic acids is 1. The number of aryl methyl sites for hydroxylation is 1. The van der Waals surface area contributed by atoms with E-state index < -0.39 is 18.4 Å². The molecule has 8 heteroatoms. The molecule has 0 aliphatic heterocycles. The van der Waals surface area contributed by atoms with Crippen LogP contribution in [0.1, 0.15) is 15.3 Å². The molecular weight excluding hydrogens is 466 g/mol. The number of carbonyl (C=O) groups is 1. The first kappa shape index (κ1) is 26.4. The lowest BCUT2D eigenvalue weighted by Crippen LogP contribution is -2.38. The normalized spacial score (nSPS) is 13.2. The largest absolute Gasteiger partial charge is 0.491 e. The number of methoxy groups -OCH3 is 2. The van der Waals surface area contributed by atoms with Crippen LogP contribution in [-0.2, 0) is 14.3 Å². The van der Waals surface area contributed by atoms with E-state index in [0.717, 1.165) is 10.4 Å². The van der Waals surface area contributed by atoms with Crippen LogP contribution >= 0.6 is 11.3 Å². The minimum atomic E-state index is -0.725. The third-order valence-electron chi connectivity index (χ3n) is 5.03. The molecule has 1 aromatic heterocycles. The van der Waals surface area contributed by atoms with Gasteiger partial charge in [-0.05, 0) is 55.0 Å². The Kier molecular flexibility index (Phi) is 10.3. The van der Waals surface area contributed by atoms with Crippen LogP contribution in [-0.4, -0.2) is 57.4 Å². The van der Waals surface area contributed by atoms with Gasteiger partial charge in [-0.3, -0.25) is 0 Å². The Labute approximate surface area is 209 Å². The van der Waals surface area contributed by atoms with E-state index in [9.17, 15) is 9.90 Å². The number of thiophene rings is 1. The van der Waals surface area contributed by atoms with Crippen molar-refractivity contribution in [3.05, 3.63) is 82.0 Å². The maximum Gasteiger partial charge on any atom is 0.338 e. The molecule has 2 N–H and O–H groups in total. The van der Waals surface area contributed by atoms with Crippen molar-refractivity contribution in [3.8, 4) is 11.5 Å². The molecule has 2 unspecified atom stereocenters. The van der Waals surface area contributed by atoms with E-state index in [1.807, 2.05) is 55.5 Å². The van der Waals surface area contributed by atoms with Crippen molar-refractivity contribution in [3.63, 3.8) is 0 Å². The van der Waals surface area contributed by atoms with E-state index in [1.165, 1.54) is 12.0 Å². The quantitative estimate of drug-likeness (QED) is 0.208. The Morgan fingerprint density at radius 1 is 1.00 bits per heavy atom. The van der Waals surface area contributed by atoms with Gasteiger partial charge in [0.25, 0.3) is 0 Å². The van der Waals surface area contributed by atoms with Crippen LogP contribution in [0.5, 0.6) is 11.5 Å². The van der Waals surface area contributed by atoms with Gasteiger partial charge in [0.15, 0.2) is 0 Å². The fourth-order valence-corrected chi connectivity index (χ4v) is 4.04. The Bertz CT molecular complexity index is 1080. The van der Waals surface area contributed by atoms with Gasteiger partial charge < -0.3 is 29.4 Å². The van der Waals surface area contributed by atoms with Crippen molar-refractivity contribution in [1.82, 2.24) is 5.32 Å². The third-order valence-corrected chi connectivity index (χ3v) is 5.97. The number of hydrogen-bond donors (Lipinski definition) is 2. The molecule has 0 saturated heterocycles. The molecule has 2 aromatic carbocycles. The van der Waals surface area contributed by atoms with Gasteiger partial charge in [0, 0.05) is 23.4 Å². The van der Waals surface area contributed by atoms with Crippen LogP contribution in [0.15, 0.2) is 66.7 Å². The van der Waals surface area contributed by atoms with E-state index in [-0.39, 0.29) is 6.61 Å². The molecule has 2 atom stereocenters. The number of hydrogen-bond acceptors (Lipinski definition) is 8. The SMILES string of the molecule is COC(=O)C(=Cc1ccc(C)s1)c1ccc(OCC(O)CNCC(OC)Oc2ccccc2)cc1. The summed E-state index contributed by atoms with van der Waals surface area (Å²) in [5, 5.41) is 13.4. The maximum atomic E-state index is 12.3. The third kappa shape index (κ3) is 8.52. The number of esters is 1. The minimum absolute atomic E-state index is 0.109. The van der Waals surface area contributed by atoms with Crippen LogP contribution in [0, 0.1) is 6.92 Å². The lowest BCUT2D eigenvalue weighted by molar-refractivity contribution is -0.133. The van der Waals surface area contributed by atoms with Crippen LogP contribution in [0.4, 0.5) is 0 Å². The molecule has 1 heterocycles. The first-order valence-corrected chi connectivity index (χ1v) is 12.0. The average molecular weight is 498 g/mol. The summed E-state index contributed by atoms with van der Waals surface area (Å²) in [5.41, 5.74) is 1.19. The summed E-state index contributed by atoms with van der Waals surface area (Å²) in [4.78, 5) is 14.5. The van der Waals surface area contributed by atoms with Crippen molar-refractivity contribution < 1.29 is 28.8 Å². The summed E-state index contributed by atoms with van der Waals surface area (Å²) in [6, 6.07) is 20.5. The number of benzene rings is 2. The number of nitrogens with one attached hydrogen (secondary N) is 1. The molecule has 186 valence electrons. The van der Waals surface area contributed by atoms with Gasteiger partial charge >= 0.3 is 5.97 Å². The van der Waals surface area contributed by atoms with Crippen LogP contribution in [0.3, 0.4) is 0 Å². The summed E-state index contributed by atoms with van der Waals surface area (Å²) in [6.07, 6.45) is 0.619. The number of para-hydroxylation sites is 1. The predicted molar refractivity (Wildman–Crippen MR) is 138 cm³/mol. The highest BCUT2D eigenvalue weighted by atomic mass is 32.1. The molecule has 35 heavy (non-hydrogen) atoms. The molecule has 0 aliphatic rings. The van der Waals surface area contributed by atoms with E-state index >= 15 is 0 Å². The van der Waals surface area contributed by atoms with E-state index in [1.54, 1.807) is 42.7 Å². The Morgan fingerprint density at radius 2 is 1.74 bits per heavy atom. The number of rotatable bonds is 13. The Balaban J connectivity index is 1.48. The molecular formula is C27H31NO6S. The molecule has 3 aromatic rings. The van der Waals surface area contributed by atoms with E-state index in [0.29, 0.717) is 30.2 Å². The molecule has 0 bridgehead atoms. The molecule has 0 spiro atoms. The van der Waals surface area contributed by atoms with Crippen LogP contribution in [0.2, 0.25) is 0 Å². The van der Waals surface area contributed by atoms with Gasteiger partial charge in [-0.1, -0.05) is 30.3 Å². The number of ether oxygens (including phenoxy) is 4. The van der Waals surface area contributed by atoms with Crippen LogP contribution < -0.4 is 14.8 Å². The minimum Gasteiger partial charge on any atom is -0.491 e. The summed E-state index contributed by atoms with van der Waals surface area (Å²) in [7, 11) is 2.94. The predicted octanol–water partition coefficient (Wildman–Crippen LogP) is 4.15. The van der Waals surface area contributed by atoms with E-state index in [4.69, 9.17) is 18.9 Å². The first-order valence-electron chi connectivity index (χ1n) is 11.2. The van der Waals surface area contributed by atoms with Gasteiger partial charge in [0.1, 0.15) is 24.2 Å². The Morgan fingerprint density at radius 3 is 2.37 bits per heavy atom. The van der Waals surface area contributed by atoms with Crippen molar-refractivity contribution in [2.45, 2.75) is 19.3 Å². The summed E-state index contributed by atoms with van der Waals surface area (Å²) in [6.45, 7) is 2.84. The second-order valence-electron chi connectivity index (χ2n) is 7.74. The molecule has 0 amide bonds. The standard InChI is InChI=1S/C27H31NO6S/c1-19-9-14-24(35-19)15-25(27(30)32-3)20-10-12-22(13-11-20)33-18-21(29)16-28-17-26(31-2)34-23-7-5-4-6-8-23/h4-15,21,26,28-29H,16-18H2,1-3H3. The highest BCUT2D eigenvalue weighted by Crippen LogP contribution is 2.25. The number of aliphatic hydroxyl groups excluding tert-OH is 1. The lowest BCUT2D eigenvalue weighted by atomic mass is 10.1. The first-order chi connectivity index (χ1) is 17.0. The zero-order chi connectivity index (χ0) is 25.0. The van der Waals surface area contributed by atoms with Gasteiger partial charge in [-0.2, -0.15) is 0 Å². The second kappa shape index (κ2) is 13.7. The molecule has 0 fully saturated rings. The molecule has 0 radical (unpaired) electrons. The highest BCUT2D eigenvalue weighted by molar-refractivity contribution is 7.12. The summed E-state index contributed by atoms with van der Waals surface area (Å²) < 4.78 is 21.7. The second-order valence-corrected chi connectivity index (χ2v) is 9.06. The molecule has 0 aliphatic carbocycles. The zero-order valence-electron chi connectivity index (χ0n) is 20.1. The van der Waals surface area contributed by atoms with E-state index in [2.05, 4.69) is 5.32 Å². The van der Waals surface area contributed by atoms with Gasteiger partial charge in [-0.25, -0.2) is 4.79 Å². The smallest absolute Gasteiger partial charge is 0.338 e. The fourth-order valence-electron chi connectivity index (χ4n) is 3.22. The van der Waals surface area contributed by atoms with Gasteiger partial charge in [0.05, 0.1) is 19.2 Å². The molecule has 0 saturated carbocycles. The van der Waals surface area contributed by atoms with Crippen LogP contribution in [0.25, 0.3) is 11.6 Å². The fraction of sp³-hybridized carbons (Fsp3) is 0.296. The lowest BCUT2D eigenvalue weighted by Gasteiger charge is -2.19. The maximum absolute atomic E-state index is 12.3.